The lowest BCUT2D eigenvalue weighted by Crippen LogP contribution is -2.03. The third-order valence-electron chi connectivity index (χ3n) is 2.98. The minimum atomic E-state index is -0.567. The van der Waals surface area contributed by atoms with Gasteiger partial charge in [0.15, 0.2) is 0 Å². The molecule has 1 aromatic heterocycles. The minimum Gasteiger partial charge on any atom is -0.487 e. The van der Waals surface area contributed by atoms with E-state index in [9.17, 15) is 5.11 Å². The van der Waals surface area contributed by atoms with Gasteiger partial charge in [-0.3, -0.25) is 0 Å². The van der Waals surface area contributed by atoms with Gasteiger partial charge < -0.3 is 14.6 Å². The molecule has 20 heavy (non-hydrogen) atoms. The maximum Gasteiger partial charge on any atom is 0.213 e. The summed E-state index contributed by atoms with van der Waals surface area (Å²) >= 11 is 0. The second-order valence-electron chi connectivity index (χ2n) is 4.68. The zero-order valence-corrected chi connectivity index (χ0v) is 12.0. The van der Waals surface area contributed by atoms with Crippen molar-refractivity contribution >= 4 is 0 Å². The van der Waals surface area contributed by atoms with Crippen molar-refractivity contribution in [2.24, 2.45) is 0 Å². The molecule has 0 saturated heterocycles. The quantitative estimate of drug-likeness (QED) is 0.909. The molecule has 2 rings (SSSR count). The normalized spacial score (nSPS) is 12.0. The number of benzene rings is 1. The number of rotatable bonds is 5. The fraction of sp³-hybridized carbons (Fsp3) is 0.312. The van der Waals surface area contributed by atoms with Gasteiger partial charge in [-0.05, 0) is 32.0 Å². The summed E-state index contributed by atoms with van der Waals surface area (Å²) in [6, 6.07) is 11.3. The molecule has 0 aliphatic heterocycles. The summed E-state index contributed by atoms with van der Waals surface area (Å²) in [4.78, 5) is 4.29. The van der Waals surface area contributed by atoms with E-state index in [2.05, 4.69) is 4.98 Å². The molecule has 0 fully saturated rings. The Labute approximate surface area is 119 Å². The van der Waals surface area contributed by atoms with Gasteiger partial charge in [-0.1, -0.05) is 17.7 Å². The van der Waals surface area contributed by atoms with Gasteiger partial charge in [0.05, 0.1) is 18.9 Å². The van der Waals surface area contributed by atoms with Crippen LogP contribution in [-0.2, 0) is 6.61 Å². The van der Waals surface area contributed by atoms with E-state index in [1.165, 1.54) is 0 Å². The number of hydrogen-bond donors (Lipinski definition) is 1. The number of aryl methyl sites for hydroxylation is 1. The molecule has 1 heterocycles. The largest absolute Gasteiger partial charge is 0.487 e. The van der Waals surface area contributed by atoms with E-state index in [1.807, 2.05) is 37.3 Å². The van der Waals surface area contributed by atoms with Crippen LogP contribution in [-0.4, -0.2) is 17.2 Å². The van der Waals surface area contributed by atoms with Crippen LogP contribution in [0.25, 0.3) is 0 Å². The maximum absolute atomic E-state index is 9.79. The first-order valence-electron chi connectivity index (χ1n) is 6.51. The Morgan fingerprint density at radius 2 is 2.05 bits per heavy atom. The first-order chi connectivity index (χ1) is 9.60. The number of aliphatic hydroxyl groups excluding tert-OH is 1. The van der Waals surface area contributed by atoms with Gasteiger partial charge in [0, 0.05) is 11.6 Å². The highest BCUT2D eigenvalue weighted by Gasteiger charge is 2.10. The summed E-state index contributed by atoms with van der Waals surface area (Å²) in [5, 5.41) is 9.79. The molecule has 1 unspecified atom stereocenters. The summed E-state index contributed by atoms with van der Waals surface area (Å²) in [5.74, 6) is 1.24. The number of hydrogen-bond acceptors (Lipinski definition) is 4. The van der Waals surface area contributed by atoms with Crippen LogP contribution in [0.1, 0.15) is 29.8 Å². The third kappa shape index (κ3) is 3.48. The Bertz CT molecular complexity index is 582. The Balaban J connectivity index is 2.14. The molecule has 4 heteroatoms. The van der Waals surface area contributed by atoms with Crippen molar-refractivity contribution in [1.82, 2.24) is 4.98 Å². The van der Waals surface area contributed by atoms with Crippen LogP contribution in [0.5, 0.6) is 11.6 Å². The zero-order valence-electron chi connectivity index (χ0n) is 12.0. The van der Waals surface area contributed by atoms with Gasteiger partial charge in [0.25, 0.3) is 0 Å². The van der Waals surface area contributed by atoms with Gasteiger partial charge in [-0.15, -0.1) is 0 Å². The molecule has 0 saturated carbocycles. The minimum absolute atomic E-state index is 0.333. The van der Waals surface area contributed by atoms with Crippen molar-refractivity contribution < 1.29 is 14.6 Å². The van der Waals surface area contributed by atoms with Crippen LogP contribution in [0.15, 0.2) is 36.4 Å². The smallest absolute Gasteiger partial charge is 0.213 e. The molecule has 1 aromatic carbocycles. The van der Waals surface area contributed by atoms with Crippen LogP contribution < -0.4 is 9.47 Å². The molecule has 106 valence electrons. The lowest BCUT2D eigenvalue weighted by Gasteiger charge is -2.14. The number of nitrogens with zero attached hydrogens (tertiary/aromatic N) is 1. The van der Waals surface area contributed by atoms with E-state index in [0.717, 1.165) is 16.8 Å². The van der Waals surface area contributed by atoms with Gasteiger partial charge in [-0.25, -0.2) is 4.98 Å². The molecule has 0 amide bonds. The summed E-state index contributed by atoms with van der Waals surface area (Å²) in [5.41, 5.74) is 2.65. The van der Waals surface area contributed by atoms with E-state index in [-0.39, 0.29) is 0 Å². The lowest BCUT2D eigenvalue weighted by molar-refractivity contribution is 0.189. The van der Waals surface area contributed by atoms with Crippen molar-refractivity contribution in [3.63, 3.8) is 0 Å². The Morgan fingerprint density at radius 1 is 1.25 bits per heavy atom. The van der Waals surface area contributed by atoms with Crippen LogP contribution >= 0.6 is 0 Å². The number of ether oxygens (including phenoxy) is 2. The molecular weight excluding hydrogens is 254 g/mol. The SMILES string of the molecule is COc1cccc(COc2ccc(C)cc2C(C)O)n1. The van der Waals surface area contributed by atoms with E-state index in [4.69, 9.17) is 9.47 Å². The van der Waals surface area contributed by atoms with Gasteiger partial charge in [0.1, 0.15) is 12.4 Å². The van der Waals surface area contributed by atoms with E-state index in [1.54, 1.807) is 20.1 Å². The standard InChI is InChI=1S/C16H19NO3/c1-11-7-8-15(14(9-11)12(2)18)20-10-13-5-4-6-16(17-13)19-3/h4-9,12,18H,10H2,1-3H3. The monoisotopic (exact) mass is 273 g/mol. The molecule has 1 atom stereocenters. The lowest BCUT2D eigenvalue weighted by atomic mass is 10.1. The maximum atomic E-state index is 9.79. The summed E-state index contributed by atoms with van der Waals surface area (Å²) in [6.45, 7) is 4.05. The van der Waals surface area contributed by atoms with Crippen LogP contribution in [0.4, 0.5) is 0 Å². The van der Waals surface area contributed by atoms with Crippen LogP contribution in [0, 0.1) is 6.92 Å². The number of aliphatic hydroxyl groups is 1. The predicted molar refractivity (Wildman–Crippen MR) is 76.9 cm³/mol. The summed E-state index contributed by atoms with van der Waals surface area (Å²) < 4.78 is 10.8. The summed E-state index contributed by atoms with van der Waals surface area (Å²) in [6.07, 6.45) is -0.567. The van der Waals surface area contributed by atoms with Crippen molar-refractivity contribution in [1.29, 1.82) is 0 Å². The number of pyridine rings is 1. The highest BCUT2D eigenvalue weighted by atomic mass is 16.5. The average molecular weight is 273 g/mol. The molecular formula is C16H19NO3. The van der Waals surface area contributed by atoms with Gasteiger partial charge >= 0.3 is 0 Å². The fourth-order valence-electron chi connectivity index (χ4n) is 1.93. The zero-order chi connectivity index (χ0) is 14.5. The molecule has 0 radical (unpaired) electrons. The first kappa shape index (κ1) is 14.3. The Hall–Kier alpha value is -2.07. The third-order valence-corrected chi connectivity index (χ3v) is 2.98. The second-order valence-corrected chi connectivity index (χ2v) is 4.68. The molecule has 1 N–H and O–H groups in total. The van der Waals surface area contributed by atoms with E-state index in [0.29, 0.717) is 18.2 Å². The van der Waals surface area contributed by atoms with Crippen molar-refractivity contribution in [3.8, 4) is 11.6 Å². The highest BCUT2D eigenvalue weighted by molar-refractivity contribution is 5.38. The number of aromatic nitrogens is 1. The van der Waals surface area contributed by atoms with Crippen LogP contribution in [0.3, 0.4) is 0 Å². The predicted octanol–water partition coefficient (Wildman–Crippen LogP) is 3.03. The highest BCUT2D eigenvalue weighted by Crippen LogP contribution is 2.26. The van der Waals surface area contributed by atoms with Gasteiger partial charge in [-0.2, -0.15) is 0 Å². The average Bonchev–Trinajstić information content (AvgIpc) is 2.46. The van der Waals surface area contributed by atoms with E-state index < -0.39 is 6.10 Å². The van der Waals surface area contributed by atoms with Crippen molar-refractivity contribution in [2.45, 2.75) is 26.6 Å². The van der Waals surface area contributed by atoms with Crippen molar-refractivity contribution in [2.75, 3.05) is 7.11 Å². The molecule has 0 aliphatic rings. The van der Waals surface area contributed by atoms with Crippen LogP contribution in [0.2, 0.25) is 0 Å². The first-order valence-corrected chi connectivity index (χ1v) is 6.51. The van der Waals surface area contributed by atoms with Gasteiger partial charge in [0.2, 0.25) is 5.88 Å². The molecule has 0 aliphatic carbocycles. The molecule has 4 nitrogen and oxygen atoms in total. The van der Waals surface area contributed by atoms with E-state index >= 15 is 0 Å². The summed E-state index contributed by atoms with van der Waals surface area (Å²) in [7, 11) is 1.58. The second kappa shape index (κ2) is 6.39. The Morgan fingerprint density at radius 3 is 2.75 bits per heavy atom. The fourth-order valence-corrected chi connectivity index (χ4v) is 1.93. The topological polar surface area (TPSA) is 51.6 Å². The molecule has 0 bridgehead atoms. The van der Waals surface area contributed by atoms with Crippen molar-refractivity contribution in [3.05, 3.63) is 53.2 Å². The number of methoxy groups -OCH3 is 1. The molecule has 2 aromatic rings. The Kier molecular flexibility index (Phi) is 4.58. The molecule has 0 spiro atoms.